The number of rotatable bonds is 5. The highest BCUT2D eigenvalue weighted by atomic mass is 19.1. The maximum Gasteiger partial charge on any atom is 0.254 e. The van der Waals surface area contributed by atoms with Gasteiger partial charge in [0.1, 0.15) is 17.5 Å². The molecule has 0 bridgehead atoms. The van der Waals surface area contributed by atoms with Crippen LogP contribution in [0.2, 0.25) is 0 Å². The van der Waals surface area contributed by atoms with Crippen LogP contribution in [-0.2, 0) is 6.42 Å². The molecule has 8 heteroatoms. The van der Waals surface area contributed by atoms with Crippen molar-refractivity contribution in [2.45, 2.75) is 52.4 Å². The summed E-state index contributed by atoms with van der Waals surface area (Å²) in [6.45, 7) is 6.59. The van der Waals surface area contributed by atoms with Crippen molar-refractivity contribution < 1.29 is 9.18 Å². The van der Waals surface area contributed by atoms with E-state index in [1.54, 1.807) is 12.1 Å². The minimum absolute atomic E-state index is 0.0823. The van der Waals surface area contributed by atoms with E-state index < -0.39 is 0 Å². The van der Waals surface area contributed by atoms with Gasteiger partial charge >= 0.3 is 0 Å². The van der Waals surface area contributed by atoms with Gasteiger partial charge in [0.25, 0.3) is 5.91 Å². The number of amides is 1. The number of aromatic nitrogens is 4. The minimum atomic E-state index is -0.279. The van der Waals surface area contributed by atoms with E-state index >= 15 is 0 Å². The summed E-state index contributed by atoms with van der Waals surface area (Å²) < 4.78 is 15.5. The number of halogens is 1. The zero-order valence-electron chi connectivity index (χ0n) is 22.7. The molecule has 0 atom stereocenters. The predicted octanol–water partition coefficient (Wildman–Crippen LogP) is 5.66. The Morgan fingerprint density at radius 2 is 1.64 bits per heavy atom. The highest BCUT2D eigenvalue weighted by Crippen LogP contribution is 2.32. The van der Waals surface area contributed by atoms with E-state index in [-0.39, 0.29) is 11.7 Å². The molecule has 39 heavy (non-hydrogen) atoms. The van der Waals surface area contributed by atoms with Crippen molar-refractivity contribution in [1.29, 1.82) is 0 Å². The molecule has 1 aliphatic carbocycles. The Kier molecular flexibility index (Phi) is 7.02. The van der Waals surface area contributed by atoms with Gasteiger partial charge in [-0.05, 0) is 55.7 Å². The van der Waals surface area contributed by atoms with Gasteiger partial charge in [0.2, 0.25) is 0 Å². The second-order valence-electron chi connectivity index (χ2n) is 10.9. The molecule has 0 N–H and O–H groups in total. The molecule has 0 radical (unpaired) electrons. The largest absolute Gasteiger partial charge is 0.352 e. The molecule has 6 rings (SSSR count). The fraction of sp³-hybridized carbons (Fsp3) is 0.419. The number of hydrogen-bond acceptors (Lipinski definition) is 5. The van der Waals surface area contributed by atoms with Crippen LogP contribution in [0.25, 0.3) is 16.7 Å². The van der Waals surface area contributed by atoms with E-state index in [1.807, 2.05) is 47.7 Å². The lowest BCUT2D eigenvalue weighted by atomic mass is 9.87. The highest BCUT2D eigenvalue weighted by Gasteiger charge is 2.28. The van der Waals surface area contributed by atoms with Gasteiger partial charge < -0.3 is 9.80 Å². The predicted molar refractivity (Wildman–Crippen MR) is 151 cm³/mol. The fourth-order valence-corrected chi connectivity index (χ4v) is 6.04. The first-order valence-corrected chi connectivity index (χ1v) is 14.1. The molecule has 2 aromatic heterocycles. The normalized spacial score (nSPS) is 16.7. The van der Waals surface area contributed by atoms with Crippen LogP contribution in [0.15, 0.2) is 48.5 Å². The molecule has 1 saturated carbocycles. The molecule has 2 aromatic carbocycles. The van der Waals surface area contributed by atoms with Crippen molar-refractivity contribution in [3.8, 4) is 5.69 Å². The quantitative estimate of drug-likeness (QED) is 0.336. The summed E-state index contributed by atoms with van der Waals surface area (Å²) in [5.41, 5.74) is 4.14. The standard InChI is InChI=1S/C31H35FN6O/c1-21-8-6-7-11-26(21)31(39)37-18-16-36(17-19-37)29-28-22(2)35-38(25-14-12-24(32)13-15-25)30(28)34-27(33-29)20-23-9-4-3-5-10-23/h6-8,11-15,23H,3-5,9-10,16-20H2,1-2H3. The maximum atomic E-state index is 13.7. The van der Waals surface area contributed by atoms with Crippen LogP contribution >= 0.6 is 0 Å². The molecule has 3 heterocycles. The van der Waals surface area contributed by atoms with Crippen LogP contribution in [0.4, 0.5) is 10.2 Å². The molecular weight excluding hydrogens is 491 g/mol. The molecule has 2 fully saturated rings. The van der Waals surface area contributed by atoms with Crippen LogP contribution in [0.3, 0.4) is 0 Å². The lowest BCUT2D eigenvalue weighted by Gasteiger charge is -2.36. The smallest absolute Gasteiger partial charge is 0.254 e. The number of aryl methyl sites for hydroxylation is 2. The number of hydrogen-bond donors (Lipinski definition) is 0. The van der Waals surface area contributed by atoms with Crippen molar-refractivity contribution in [1.82, 2.24) is 24.6 Å². The number of piperazine rings is 1. The molecule has 1 saturated heterocycles. The third-order valence-corrected chi connectivity index (χ3v) is 8.24. The van der Waals surface area contributed by atoms with Crippen LogP contribution in [0.1, 0.15) is 59.5 Å². The van der Waals surface area contributed by atoms with Gasteiger partial charge in [-0.15, -0.1) is 0 Å². The summed E-state index contributed by atoms with van der Waals surface area (Å²) in [7, 11) is 0. The average molecular weight is 527 g/mol. The molecule has 0 spiro atoms. The summed E-state index contributed by atoms with van der Waals surface area (Å²) >= 11 is 0. The third kappa shape index (κ3) is 5.12. The third-order valence-electron chi connectivity index (χ3n) is 8.24. The van der Waals surface area contributed by atoms with E-state index in [4.69, 9.17) is 15.1 Å². The summed E-state index contributed by atoms with van der Waals surface area (Å²) in [6, 6.07) is 14.1. The van der Waals surface area contributed by atoms with Gasteiger partial charge in [-0.1, -0.05) is 50.3 Å². The number of anilines is 1. The van der Waals surface area contributed by atoms with Crippen molar-refractivity contribution in [3.63, 3.8) is 0 Å². The van der Waals surface area contributed by atoms with Crippen molar-refractivity contribution in [2.24, 2.45) is 5.92 Å². The van der Waals surface area contributed by atoms with Gasteiger partial charge in [-0.2, -0.15) is 5.10 Å². The Labute approximate surface area is 228 Å². The molecule has 0 unspecified atom stereocenters. The second kappa shape index (κ2) is 10.8. The Hall–Kier alpha value is -3.81. The first-order valence-electron chi connectivity index (χ1n) is 14.1. The number of benzene rings is 2. The van der Waals surface area contributed by atoms with Crippen LogP contribution in [0, 0.1) is 25.6 Å². The zero-order valence-corrected chi connectivity index (χ0v) is 22.7. The monoisotopic (exact) mass is 526 g/mol. The SMILES string of the molecule is Cc1ccccc1C(=O)N1CCN(c2nc(CC3CCCCC3)nc3c2c(C)nn3-c2ccc(F)cc2)CC1. The Morgan fingerprint density at radius 3 is 2.36 bits per heavy atom. The second-order valence-corrected chi connectivity index (χ2v) is 10.9. The van der Waals surface area contributed by atoms with Crippen LogP contribution in [-0.4, -0.2) is 56.7 Å². The molecule has 1 amide bonds. The number of carbonyl (C=O) groups is 1. The first kappa shape index (κ1) is 25.5. The van der Waals surface area contributed by atoms with Gasteiger partial charge in [0.05, 0.1) is 16.8 Å². The van der Waals surface area contributed by atoms with Gasteiger partial charge in [0.15, 0.2) is 5.65 Å². The Bertz CT molecular complexity index is 1480. The number of carbonyl (C=O) groups excluding carboxylic acids is 1. The Balaban J connectivity index is 1.34. The molecular formula is C31H35FN6O. The van der Waals surface area contributed by atoms with E-state index in [0.717, 1.165) is 51.6 Å². The van der Waals surface area contributed by atoms with Crippen LogP contribution < -0.4 is 4.90 Å². The minimum Gasteiger partial charge on any atom is -0.352 e. The summed E-state index contributed by atoms with van der Waals surface area (Å²) in [6.07, 6.45) is 7.12. The fourth-order valence-electron chi connectivity index (χ4n) is 6.04. The molecule has 1 aliphatic heterocycles. The molecule has 202 valence electrons. The number of nitrogens with zero attached hydrogens (tertiary/aromatic N) is 6. The highest BCUT2D eigenvalue weighted by molar-refractivity contribution is 5.96. The van der Waals surface area contributed by atoms with Crippen molar-refractivity contribution in [2.75, 3.05) is 31.1 Å². The van der Waals surface area contributed by atoms with Gasteiger partial charge in [-0.3, -0.25) is 4.79 Å². The van der Waals surface area contributed by atoms with E-state index in [0.29, 0.717) is 32.1 Å². The molecule has 4 aromatic rings. The van der Waals surface area contributed by atoms with Gasteiger partial charge in [0, 0.05) is 38.2 Å². The summed E-state index contributed by atoms with van der Waals surface area (Å²) in [5.74, 6) is 2.12. The Morgan fingerprint density at radius 1 is 0.923 bits per heavy atom. The number of fused-ring (bicyclic) bond motifs is 1. The first-order chi connectivity index (χ1) is 19.0. The topological polar surface area (TPSA) is 67.2 Å². The summed E-state index contributed by atoms with van der Waals surface area (Å²) in [5, 5.41) is 5.75. The lowest BCUT2D eigenvalue weighted by Crippen LogP contribution is -2.49. The molecule has 7 nitrogen and oxygen atoms in total. The summed E-state index contributed by atoms with van der Waals surface area (Å²) in [4.78, 5) is 27.6. The van der Waals surface area contributed by atoms with E-state index in [2.05, 4.69) is 4.90 Å². The maximum absolute atomic E-state index is 13.7. The lowest BCUT2D eigenvalue weighted by molar-refractivity contribution is 0.0746. The van der Waals surface area contributed by atoms with Crippen LogP contribution in [0.5, 0.6) is 0 Å². The van der Waals surface area contributed by atoms with Crippen molar-refractivity contribution in [3.05, 3.63) is 77.0 Å². The average Bonchev–Trinajstić information content (AvgIpc) is 3.29. The van der Waals surface area contributed by atoms with E-state index in [1.165, 1.54) is 44.2 Å². The molecule has 2 aliphatic rings. The van der Waals surface area contributed by atoms with Crippen molar-refractivity contribution >= 4 is 22.8 Å². The van der Waals surface area contributed by atoms with E-state index in [9.17, 15) is 9.18 Å². The zero-order chi connectivity index (χ0) is 26.9. The van der Waals surface area contributed by atoms with Gasteiger partial charge in [-0.25, -0.2) is 19.0 Å².